The van der Waals surface area contributed by atoms with Gasteiger partial charge in [-0.25, -0.2) is 0 Å². The molecular formula is C9H15NO6. The van der Waals surface area contributed by atoms with E-state index in [1.165, 1.54) is 0 Å². The number of hydrogen-bond acceptors (Lipinski definition) is 7. The lowest BCUT2D eigenvalue weighted by Gasteiger charge is -2.43. The zero-order valence-electron chi connectivity index (χ0n) is 8.61. The summed E-state index contributed by atoms with van der Waals surface area (Å²) in [6.07, 6.45) is -4.19. The van der Waals surface area contributed by atoms with Gasteiger partial charge in [-0.3, -0.25) is 0 Å². The molecule has 1 unspecified atom stereocenters. The Morgan fingerprint density at radius 2 is 2.12 bits per heavy atom. The Bertz CT molecular complexity index is 267. The number of nitriles is 1. The van der Waals surface area contributed by atoms with E-state index in [1.807, 2.05) is 6.07 Å². The largest absolute Gasteiger partial charge is 0.391 e. The molecule has 1 heterocycles. The van der Waals surface area contributed by atoms with E-state index in [1.54, 1.807) is 0 Å². The van der Waals surface area contributed by atoms with Crippen LogP contribution in [0.15, 0.2) is 0 Å². The molecule has 0 bridgehead atoms. The van der Waals surface area contributed by atoms with Crippen LogP contribution in [0.1, 0.15) is 6.42 Å². The van der Waals surface area contributed by atoms with Crippen molar-refractivity contribution in [2.75, 3.05) is 19.8 Å². The topological polar surface area (TPSA) is 123 Å². The third-order valence-electron chi connectivity index (χ3n) is 2.45. The monoisotopic (exact) mass is 233 g/mol. The highest BCUT2D eigenvalue weighted by Gasteiger charge is 2.50. The Labute approximate surface area is 92.4 Å². The lowest BCUT2D eigenvalue weighted by atomic mass is 9.97. The van der Waals surface area contributed by atoms with Gasteiger partial charge in [-0.2, -0.15) is 5.26 Å². The average molecular weight is 233 g/mol. The zero-order valence-corrected chi connectivity index (χ0v) is 8.61. The zero-order chi connectivity index (χ0) is 12.2. The van der Waals surface area contributed by atoms with Crippen molar-refractivity contribution < 1.29 is 29.9 Å². The van der Waals surface area contributed by atoms with E-state index in [0.717, 1.165) is 0 Å². The quantitative estimate of drug-likeness (QED) is 0.403. The van der Waals surface area contributed by atoms with Gasteiger partial charge in [0.05, 0.1) is 25.7 Å². The third kappa shape index (κ3) is 2.49. The Morgan fingerprint density at radius 3 is 2.69 bits per heavy atom. The molecule has 0 aliphatic carbocycles. The van der Waals surface area contributed by atoms with E-state index < -0.39 is 30.7 Å². The van der Waals surface area contributed by atoms with Crippen LogP contribution in [0, 0.1) is 11.3 Å². The minimum Gasteiger partial charge on any atom is -0.391 e. The second kappa shape index (κ2) is 5.54. The van der Waals surface area contributed by atoms with Crippen molar-refractivity contribution in [3.8, 4) is 6.07 Å². The van der Waals surface area contributed by atoms with Crippen LogP contribution in [0.3, 0.4) is 0 Å². The van der Waals surface area contributed by atoms with Crippen molar-refractivity contribution in [3.63, 3.8) is 0 Å². The summed E-state index contributed by atoms with van der Waals surface area (Å²) in [5.74, 6) is -1.77. The minimum absolute atomic E-state index is 0.0447. The van der Waals surface area contributed by atoms with Gasteiger partial charge in [0, 0.05) is 0 Å². The van der Waals surface area contributed by atoms with E-state index in [4.69, 9.17) is 19.8 Å². The van der Waals surface area contributed by atoms with Crippen molar-refractivity contribution in [3.05, 3.63) is 0 Å². The molecule has 92 valence electrons. The van der Waals surface area contributed by atoms with Crippen LogP contribution in [-0.2, 0) is 9.47 Å². The number of aliphatic hydroxyl groups excluding tert-OH is 4. The van der Waals surface area contributed by atoms with Crippen LogP contribution in [0.2, 0.25) is 0 Å². The van der Waals surface area contributed by atoms with Gasteiger partial charge in [0.1, 0.15) is 24.9 Å². The molecule has 4 atom stereocenters. The van der Waals surface area contributed by atoms with Crippen molar-refractivity contribution in [2.45, 2.75) is 30.5 Å². The normalized spacial score (nSPS) is 39.3. The SMILES string of the molecule is N#CCCOC1(CO)OC[C@@H](O)[C@@H](O)[C@@H]1O. The predicted molar refractivity (Wildman–Crippen MR) is 50.0 cm³/mol. The average Bonchev–Trinajstić information content (AvgIpc) is 2.30. The van der Waals surface area contributed by atoms with Gasteiger partial charge in [0.15, 0.2) is 0 Å². The molecule has 1 fully saturated rings. The number of rotatable bonds is 4. The Hall–Kier alpha value is -0.750. The molecule has 1 saturated heterocycles. The molecule has 4 N–H and O–H groups in total. The number of hydrogen-bond donors (Lipinski definition) is 4. The van der Waals surface area contributed by atoms with Gasteiger partial charge in [-0.15, -0.1) is 0 Å². The van der Waals surface area contributed by atoms with Gasteiger partial charge >= 0.3 is 0 Å². The molecule has 0 saturated carbocycles. The summed E-state index contributed by atoms with van der Waals surface area (Å²) in [5.41, 5.74) is 0. The van der Waals surface area contributed by atoms with Crippen LogP contribution < -0.4 is 0 Å². The number of aliphatic hydroxyl groups is 4. The summed E-state index contributed by atoms with van der Waals surface area (Å²) in [7, 11) is 0. The molecule has 7 nitrogen and oxygen atoms in total. The predicted octanol–water partition coefficient (Wildman–Crippen LogP) is -2.28. The molecule has 0 aromatic carbocycles. The van der Waals surface area contributed by atoms with E-state index in [0.29, 0.717) is 0 Å². The second-order valence-electron chi connectivity index (χ2n) is 3.54. The maximum absolute atomic E-state index is 9.65. The minimum atomic E-state index is -1.77. The lowest BCUT2D eigenvalue weighted by Crippen LogP contribution is -2.63. The van der Waals surface area contributed by atoms with Gasteiger partial charge < -0.3 is 29.9 Å². The van der Waals surface area contributed by atoms with E-state index in [9.17, 15) is 15.3 Å². The van der Waals surface area contributed by atoms with Crippen molar-refractivity contribution in [2.24, 2.45) is 0 Å². The standard InChI is InChI=1S/C9H15NO6/c10-2-1-3-15-9(5-11)8(14)7(13)6(12)4-16-9/h6-8,11-14H,1,3-5H2/t6-,7-,8+,9?/m1/s1. The van der Waals surface area contributed by atoms with Crippen LogP contribution in [-0.4, -0.2) is 64.3 Å². The first-order chi connectivity index (χ1) is 7.57. The van der Waals surface area contributed by atoms with Crippen LogP contribution in [0.25, 0.3) is 0 Å². The highest BCUT2D eigenvalue weighted by atomic mass is 16.7. The maximum atomic E-state index is 9.65. The molecule has 16 heavy (non-hydrogen) atoms. The number of ether oxygens (including phenoxy) is 2. The molecule has 0 amide bonds. The summed E-state index contributed by atoms with van der Waals surface area (Å²) in [5, 5.41) is 45.8. The Kier molecular flexibility index (Phi) is 4.61. The summed E-state index contributed by atoms with van der Waals surface area (Å²) in [4.78, 5) is 0. The smallest absolute Gasteiger partial charge is 0.221 e. The first-order valence-corrected chi connectivity index (χ1v) is 4.87. The molecule has 0 aromatic heterocycles. The summed E-state index contributed by atoms with van der Waals surface area (Å²) in [6, 6.07) is 1.83. The summed E-state index contributed by atoms with van der Waals surface area (Å²) in [6.45, 7) is -0.981. The molecular weight excluding hydrogens is 218 g/mol. The fourth-order valence-corrected chi connectivity index (χ4v) is 1.46. The van der Waals surface area contributed by atoms with Crippen molar-refractivity contribution in [1.29, 1.82) is 5.26 Å². The van der Waals surface area contributed by atoms with Gasteiger partial charge in [-0.05, 0) is 0 Å². The molecule has 0 spiro atoms. The molecule has 1 aliphatic heterocycles. The number of nitrogens with zero attached hydrogens (tertiary/aromatic N) is 1. The molecule has 0 aromatic rings. The van der Waals surface area contributed by atoms with E-state index in [2.05, 4.69) is 0 Å². The fourth-order valence-electron chi connectivity index (χ4n) is 1.46. The van der Waals surface area contributed by atoms with Crippen LogP contribution in [0.4, 0.5) is 0 Å². The highest BCUT2D eigenvalue weighted by Crippen LogP contribution is 2.27. The second-order valence-corrected chi connectivity index (χ2v) is 3.54. The third-order valence-corrected chi connectivity index (χ3v) is 2.45. The molecule has 7 heteroatoms. The lowest BCUT2D eigenvalue weighted by molar-refractivity contribution is -0.348. The molecule has 1 rings (SSSR count). The van der Waals surface area contributed by atoms with Gasteiger partial charge in [-0.1, -0.05) is 0 Å². The van der Waals surface area contributed by atoms with E-state index >= 15 is 0 Å². The van der Waals surface area contributed by atoms with Crippen molar-refractivity contribution in [1.82, 2.24) is 0 Å². The van der Waals surface area contributed by atoms with Crippen LogP contribution >= 0.6 is 0 Å². The first kappa shape index (κ1) is 13.3. The fraction of sp³-hybridized carbons (Fsp3) is 0.889. The van der Waals surface area contributed by atoms with Crippen molar-refractivity contribution >= 4 is 0 Å². The first-order valence-electron chi connectivity index (χ1n) is 4.87. The van der Waals surface area contributed by atoms with E-state index in [-0.39, 0.29) is 19.6 Å². The highest BCUT2D eigenvalue weighted by molar-refractivity contribution is 4.92. The maximum Gasteiger partial charge on any atom is 0.221 e. The molecule has 0 radical (unpaired) electrons. The van der Waals surface area contributed by atoms with Gasteiger partial charge in [0.25, 0.3) is 0 Å². The summed E-state index contributed by atoms with van der Waals surface area (Å²) < 4.78 is 10.1. The Morgan fingerprint density at radius 1 is 1.44 bits per heavy atom. The Balaban J connectivity index is 2.67. The van der Waals surface area contributed by atoms with Crippen LogP contribution in [0.5, 0.6) is 0 Å². The molecule has 1 aliphatic rings. The summed E-state index contributed by atoms with van der Waals surface area (Å²) >= 11 is 0. The van der Waals surface area contributed by atoms with Gasteiger partial charge in [0.2, 0.25) is 5.79 Å².